The fourth-order valence-electron chi connectivity index (χ4n) is 11.5. The molecule has 0 N–H and O–H groups in total. The van der Waals surface area contributed by atoms with Crippen LogP contribution in [-0.4, -0.2) is 0 Å². The fraction of sp³-hybridized carbons (Fsp3) is 0.0323. The SMILES string of the molecule is c1ccc(N(c2ccc(-c3cccc4c3C3(c5ccccc5O4)c4ccccc4-c4ccccc43)cc2)c2ccc3c(c2)C(c2ccccc2)(c2ccccc2)c2ccccc2-3)cc1. The minimum atomic E-state index is -0.561. The summed E-state index contributed by atoms with van der Waals surface area (Å²) in [5.74, 6) is 1.78. The maximum atomic E-state index is 6.87. The lowest BCUT2D eigenvalue weighted by Gasteiger charge is -2.40. The Balaban J connectivity index is 0.995. The number of rotatable bonds is 6. The fourth-order valence-corrected chi connectivity index (χ4v) is 11.5. The molecule has 3 aliphatic rings. The Kier molecular flexibility index (Phi) is 8.07. The summed E-state index contributed by atoms with van der Waals surface area (Å²) in [4.78, 5) is 2.40. The maximum absolute atomic E-state index is 6.87. The first-order valence-electron chi connectivity index (χ1n) is 22.2. The normalized spacial score (nSPS) is 14.0. The molecule has 300 valence electrons. The van der Waals surface area contributed by atoms with Crippen molar-refractivity contribution in [3.05, 3.63) is 293 Å². The van der Waals surface area contributed by atoms with E-state index in [4.69, 9.17) is 4.74 Å². The van der Waals surface area contributed by atoms with Gasteiger partial charge in [-0.2, -0.15) is 0 Å². The second-order valence-corrected chi connectivity index (χ2v) is 17.1. The van der Waals surface area contributed by atoms with Crippen molar-refractivity contribution in [3.8, 4) is 44.9 Å². The Bertz CT molecular complexity index is 3320. The van der Waals surface area contributed by atoms with Crippen LogP contribution in [0.15, 0.2) is 249 Å². The Morgan fingerprint density at radius 1 is 0.281 bits per heavy atom. The van der Waals surface area contributed by atoms with Gasteiger partial charge in [0.25, 0.3) is 0 Å². The zero-order chi connectivity index (χ0) is 42.2. The molecule has 10 aromatic rings. The molecule has 13 rings (SSSR count). The van der Waals surface area contributed by atoms with Gasteiger partial charge >= 0.3 is 0 Å². The van der Waals surface area contributed by atoms with E-state index in [1.165, 1.54) is 66.8 Å². The molecule has 0 aromatic heterocycles. The Morgan fingerprint density at radius 2 is 0.719 bits per heavy atom. The third kappa shape index (κ3) is 5.02. The molecule has 0 amide bonds. The van der Waals surface area contributed by atoms with Crippen molar-refractivity contribution in [1.82, 2.24) is 0 Å². The van der Waals surface area contributed by atoms with Crippen LogP contribution in [-0.2, 0) is 10.8 Å². The summed E-state index contributed by atoms with van der Waals surface area (Å²) in [7, 11) is 0. The number of ether oxygens (including phenoxy) is 1. The highest BCUT2D eigenvalue weighted by molar-refractivity contribution is 5.93. The van der Waals surface area contributed by atoms with Gasteiger partial charge in [-0.15, -0.1) is 0 Å². The molecule has 0 unspecified atom stereocenters. The first-order chi connectivity index (χ1) is 31.8. The summed E-state index contributed by atoms with van der Waals surface area (Å²) in [5.41, 5.74) is 19.6. The highest BCUT2D eigenvalue weighted by Gasteiger charge is 2.52. The summed E-state index contributed by atoms with van der Waals surface area (Å²) in [6, 6.07) is 91.0. The van der Waals surface area contributed by atoms with Gasteiger partial charge in [-0.25, -0.2) is 0 Å². The molecule has 1 aliphatic heterocycles. The molecule has 2 aliphatic carbocycles. The molecule has 0 atom stereocenters. The van der Waals surface area contributed by atoms with Gasteiger partial charge in [0.2, 0.25) is 0 Å². The average Bonchev–Trinajstić information content (AvgIpc) is 3.83. The largest absolute Gasteiger partial charge is 0.457 e. The number of hydrogen-bond acceptors (Lipinski definition) is 2. The lowest BCUT2D eigenvalue weighted by atomic mass is 9.64. The van der Waals surface area contributed by atoms with Gasteiger partial charge in [0.05, 0.1) is 10.8 Å². The topological polar surface area (TPSA) is 12.5 Å². The van der Waals surface area contributed by atoms with E-state index >= 15 is 0 Å². The molecule has 10 aromatic carbocycles. The number of anilines is 3. The summed E-state index contributed by atoms with van der Waals surface area (Å²) in [6.45, 7) is 0. The Morgan fingerprint density at radius 3 is 1.33 bits per heavy atom. The van der Waals surface area contributed by atoms with Crippen LogP contribution in [0.25, 0.3) is 33.4 Å². The predicted octanol–water partition coefficient (Wildman–Crippen LogP) is 15.7. The standard InChI is InChI=1S/C62H41NO/c1-4-19-43(20-5-1)61(44-21-6-2-7-22-44)53-29-13-10-27-51(53)52-40-39-47(41-57(52)61)63(45-23-8-3-9-24-45)46-37-35-42(36-38-46)48-28-18-34-59-60(48)62(56-32-16-17-33-58(56)64-59)54-30-14-11-25-49(54)50-26-12-15-31-55(50)62/h1-41H. The first kappa shape index (κ1) is 36.5. The molecule has 64 heavy (non-hydrogen) atoms. The van der Waals surface area contributed by atoms with Gasteiger partial charge in [0.15, 0.2) is 0 Å². The van der Waals surface area contributed by atoms with E-state index in [1.54, 1.807) is 0 Å². The van der Waals surface area contributed by atoms with Crippen LogP contribution in [0, 0.1) is 0 Å². The van der Waals surface area contributed by atoms with Crippen LogP contribution in [0.4, 0.5) is 17.1 Å². The molecule has 1 spiro atoms. The van der Waals surface area contributed by atoms with E-state index in [1.807, 2.05) is 0 Å². The molecule has 1 heterocycles. The van der Waals surface area contributed by atoms with E-state index in [9.17, 15) is 0 Å². The molecule has 0 fully saturated rings. The van der Waals surface area contributed by atoms with Crippen molar-refractivity contribution in [1.29, 1.82) is 0 Å². The average molecular weight is 816 g/mol. The van der Waals surface area contributed by atoms with E-state index in [0.29, 0.717) is 0 Å². The zero-order valence-corrected chi connectivity index (χ0v) is 35.0. The van der Waals surface area contributed by atoms with Crippen molar-refractivity contribution in [2.24, 2.45) is 0 Å². The quantitative estimate of drug-likeness (QED) is 0.166. The monoisotopic (exact) mass is 815 g/mol. The lowest BCUT2D eigenvalue weighted by molar-refractivity contribution is 0.437. The van der Waals surface area contributed by atoms with Crippen molar-refractivity contribution in [3.63, 3.8) is 0 Å². The second kappa shape index (κ2) is 14.2. The predicted molar refractivity (Wildman–Crippen MR) is 261 cm³/mol. The van der Waals surface area contributed by atoms with Crippen LogP contribution in [0.5, 0.6) is 11.5 Å². The van der Waals surface area contributed by atoms with Crippen molar-refractivity contribution in [2.75, 3.05) is 4.90 Å². The van der Waals surface area contributed by atoms with Crippen molar-refractivity contribution >= 4 is 17.1 Å². The van der Waals surface area contributed by atoms with Gasteiger partial charge < -0.3 is 9.64 Å². The molecular formula is C62H41NO. The van der Waals surface area contributed by atoms with Gasteiger partial charge in [0.1, 0.15) is 11.5 Å². The van der Waals surface area contributed by atoms with Gasteiger partial charge in [-0.1, -0.05) is 200 Å². The highest BCUT2D eigenvalue weighted by Crippen LogP contribution is 2.64. The van der Waals surface area contributed by atoms with Gasteiger partial charge in [-0.05, 0) is 115 Å². The van der Waals surface area contributed by atoms with Crippen LogP contribution in [0.2, 0.25) is 0 Å². The van der Waals surface area contributed by atoms with E-state index in [2.05, 4.69) is 254 Å². The Labute approximate surface area is 374 Å². The highest BCUT2D eigenvalue weighted by atomic mass is 16.5. The molecule has 0 radical (unpaired) electrons. The molecule has 0 saturated carbocycles. The van der Waals surface area contributed by atoms with Crippen molar-refractivity contribution < 1.29 is 4.74 Å². The summed E-state index contributed by atoms with van der Waals surface area (Å²) in [6.07, 6.45) is 0. The number of nitrogens with zero attached hydrogens (tertiary/aromatic N) is 1. The summed E-state index contributed by atoms with van der Waals surface area (Å²) >= 11 is 0. The lowest BCUT2D eigenvalue weighted by Crippen LogP contribution is -2.32. The molecule has 2 nitrogen and oxygen atoms in total. The van der Waals surface area contributed by atoms with E-state index < -0.39 is 10.8 Å². The zero-order valence-electron chi connectivity index (χ0n) is 35.0. The van der Waals surface area contributed by atoms with Gasteiger partial charge in [-0.3, -0.25) is 0 Å². The molecule has 0 saturated heterocycles. The second-order valence-electron chi connectivity index (χ2n) is 17.1. The van der Waals surface area contributed by atoms with Crippen molar-refractivity contribution in [2.45, 2.75) is 10.8 Å². The Hall–Kier alpha value is -8.20. The number of benzene rings is 10. The van der Waals surface area contributed by atoms with Crippen LogP contribution < -0.4 is 9.64 Å². The number of fused-ring (bicyclic) bond motifs is 12. The molecular weight excluding hydrogens is 775 g/mol. The maximum Gasteiger partial charge on any atom is 0.132 e. The smallest absolute Gasteiger partial charge is 0.132 e. The van der Waals surface area contributed by atoms with Gasteiger partial charge in [0, 0.05) is 28.2 Å². The van der Waals surface area contributed by atoms with Crippen LogP contribution in [0.1, 0.15) is 44.5 Å². The first-order valence-corrected chi connectivity index (χ1v) is 22.2. The third-order valence-electron chi connectivity index (χ3n) is 14.0. The summed E-state index contributed by atoms with van der Waals surface area (Å²) in [5, 5.41) is 0. The third-order valence-corrected chi connectivity index (χ3v) is 14.0. The minimum Gasteiger partial charge on any atom is -0.457 e. The van der Waals surface area contributed by atoms with Crippen LogP contribution in [0.3, 0.4) is 0 Å². The minimum absolute atomic E-state index is 0.503. The van der Waals surface area contributed by atoms with E-state index in [0.717, 1.165) is 39.7 Å². The molecule has 0 bridgehead atoms. The molecule has 2 heteroatoms. The number of para-hydroxylation sites is 2. The van der Waals surface area contributed by atoms with Crippen LogP contribution >= 0.6 is 0 Å². The summed E-state index contributed by atoms with van der Waals surface area (Å²) < 4.78 is 6.87. The number of hydrogen-bond donors (Lipinski definition) is 0. The van der Waals surface area contributed by atoms with E-state index in [-0.39, 0.29) is 0 Å².